The second-order valence-electron chi connectivity index (χ2n) is 11.3. The number of amides is 2. The van der Waals surface area contributed by atoms with Crippen molar-refractivity contribution in [3.63, 3.8) is 0 Å². The molecule has 4 aromatic rings. The molecule has 2 atom stereocenters. The number of anilines is 1. The molecule has 0 aliphatic carbocycles. The summed E-state index contributed by atoms with van der Waals surface area (Å²) < 4.78 is 29.6. The van der Waals surface area contributed by atoms with E-state index in [4.69, 9.17) is 23.2 Å². The molecule has 2 amide bonds. The van der Waals surface area contributed by atoms with Gasteiger partial charge in [0, 0.05) is 29.1 Å². The van der Waals surface area contributed by atoms with E-state index in [2.05, 4.69) is 5.32 Å². The van der Waals surface area contributed by atoms with Gasteiger partial charge in [0.15, 0.2) is 0 Å². The summed E-state index contributed by atoms with van der Waals surface area (Å²) in [5, 5.41) is 3.82. The van der Waals surface area contributed by atoms with Crippen LogP contribution >= 0.6 is 23.2 Å². The Labute approximate surface area is 282 Å². The van der Waals surface area contributed by atoms with E-state index < -0.39 is 28.5 Å². The van der Waals surface area contributed by atoms with Crippen molar-refractivity contribution in [2.24, 2.45) is 0 Å². The van der Waals surface area contributed by atoms with Crippen LogP contribution < -0.4 is 9.62 Å². The molecule has 10 heteroatoms. The van der Waals surface area contributed by atoms with Crippen molar-refractivity contribution in [2.45, 2.75) is 64.1 Å². The largest absolute Gasteiger partial charge is 0.352 e. The highest BCUT2D eigenvalue weighted by Gasteiger charge is 2.35. The van der Waals surface area contributed by atoms with E-state index in [1.165, 1.54) is 17.0 Å². The van der Waals surface area contributed by atoms with Crippen LogP contribution in [0.4, 0.5) is 5.69 Å². The Balaban J connectivity index is 1.85. The second kappa shape index (κ2) is 15.6. The molecular formula is C36H39Cl2N3O4S. The van der Waals surface area contributed by atoms with Crippen molar-refractivity contribution in [3.8, 4) is 0 Å². The lowest BCUT2D eigenvalue weighted by atomic mass is 10.0. The average molecular weight is 681 g/mol. The number of benzene rings is 4. The van der Waals surface area contributed by atoms with E-state index in [0.717, 1.165) is 15.4 Å². The van der Waals surface area contributed by atoms with Crippen LogP contribution in [0, 0.1) is 13.8 Å². The monoisotopic (exact) mass is 679 g/mol. The highest BCUT2D eigenvalue weighted by atomic mass is 35.5. The average Bonchev–Trinajstić information content (AvgIpc) is 3.04. The molecule has 7 nitrogen and oxygen atoms in total. The van der Waals surface area contributed by atoms with Gasteiger partial charge in [0.25, 0.3) is 10.0 Å². The zero-order valence-corrected chi connectivity index (χ0v) is 28.7. The van der Waals surface area contributed by atoms with Crippen molar-refractivity contribution in [3.05, 3.63) is 129 Å². The topological polar surface area (TPSA) is 86.8 Å². The van der Waals surface area contributed by atoms with Gasteiger partial charge in [-0.2, -0.15) is 0 Å². The molecule has 0 saturated carbocycles. The van der Waals surface area contributed by atoms with Crippen molar-refractivity contribution in [2.75, 3.05) is 10.8 Å². The van der Waals surface area contributed by atoms with E-state index in [-0.39, 0.29) is 35.5 Å². The maximum absolute atomic E-state index is 14.6. The second-order valence-corrected chi connectivity index (χ2v) is 14.0. The number of sulfonamides is 1. The van der Waals surface area contributed by atoms with Crippen LogP contribution in [0.1, 0.15) is 42.5 Å². The normalized spacial score (nSPS) is 12.7. The van der Waals surface area contributed by atoms with Gasteiger partial charge in [-0.05, 0) is 74.2 Å². The third-order valence-corrected chi connectivity index (χ3v) is 10.5. The Morgan fingerprint density at radius 2 is 1.46 bits per heavy atom. The zero-order chi connectivity index (χ0) is 33.4. The number of carbonyl (C=O) groups is 2. The van der Waals surface area contributed by atoms with Gasteiger partial charge in [0.05, 0.1) is 10.6 Å². The minimum Gasteiger partial charge on any atom is -0.352 e. The Morgan fingerprint density at radius 3 is 2.11 bits per heavy atom. The van der Waals surface area contributed by atoms with Crippen LogP contribution in [0.2, 0.25) is 10.0 Å². The highest BCUT2D eigenvalue weighted by molar-refractivity contribution is 7.92. The number of hydrogen-bond acceptors (Lipinski definition) is 4. The summed E-state index contributed by atoms with van der Waals surface area (Å²) in [5.74, 6) is -0.916. The molecule has 0 aliphatic rings. The van der Waals surface area contributed by atoms with E-state index >= 15 is 0 Å². The fraction of sp³-hybridized carbons (Fsp3) is 0.278. The predicted octanol–water partition coefficient (Wildman–Crippen LogP) is 7.36. The first kappa shape index (κ1) is 35.0. The van der Waals surface area contributed by atoms with E-state index in [9.17, 15) is 18.0 Å². The van der Waals surface area contributed by atoms with Crippen molar-refractivity contribution < 1.29 is 18.0 Å². The molecule has 1 N–H and O–H groups in total. The summed E-state index contributed by atoms with van der Waals surface area (Å²) in [6, 6.07) is 26.8. The van der Waals surface area contributed by atoms with Crippen LogP contribution in [0.5, 0.6) is 0 Å². The Morgan fingerprint density at radius 1 is 0.826 bits per heavy atom. The number of carbonyl (C=O) groups excluding carboxylic acids is 2. The van der Waals surface area contributed by atoms with Crippen molar-refractivity contribution >= 4 is 50.7 Å². The van der Waals surface area contributed by atoms with Gasteiger partial charge in [-0.15, -0.1) is 0 Å². The summed E-state index contributed by atoms with van der Waals surface area (Å²) in [6.07, 6.45) is 0.902. The number of aryl methyl sites for hydroxylation is 1. The number of nitrogens with zero attached hydrogens (tertiary/aromatic N) is 2. The molecule has 0 radical (unpaired) electrons. The van der Waals surface area contributed by atoms with Gasteiger partial charge >= 0.3 is 0 Å². The molecule has 0 unspecified atom stereocenters. The molecule has 0 fully saturated rings. The van der Waals surface area contributed by atoms with Gasteiger partial charge in [-0.25, -0.2) is 8.42 Å². The van der Waals surface area contributed by atoms with Crippen molar-refractivity contribution in [1.29, 1.82) is 0 Å². The minimum absolute atomic E-state index is 0.0170. The van der Waals surface area contributed by atoms with Crippen LogP contribution in [-0.4, -0.2) is 43.8 Å². The lowest BCUT2D eigenvalue weighted by Crippen LogP contribution is -2.54. The van der Waals surface area contributed by atoms with Gasteiger partial charge in [0.1, 0.15) is 12.6 Å². The lowest BCUT2D eigenvalue weighted by molar-refractivity contribution is -0.140. The minimum atomic E-state index is -4.25. The molecule has 0 heterocycles. The third-order valence-electron chi connectivity index (χ3n) is 7.97. The molecule has 0 saturated heterocycles. The molecule has 4 aromatic carbocycles. The van der Waals surface area contributed by atoms with Gasteiger partial charge in [-0.3, -0.25) is 13.9 Å². The lowest BCUT2D eigenvalue weighted by Gasteiger charge is -2.35. The number of rotatable bonds is 13. The molecule has 242 valence electrons. The van der Waals surface area contributed by atoms with Crippen LogP contribution in [0.3, 0.4) is 0 Å². The summed E-state index contributed by atoms with van der Waals surface area (Å²) in [4.78, 5) is 30.0. The SMILES string of the molecule is CC[C@@H](C)NC(=O)[C@@H](Cc1ccccc1)N(Cc1ccccc1Cl)C(=O)CN(c1cccc(Cl)c1C)S(=O)(=O)c1ccc(C)cc1. The Hall–Kier alpha value is -3.85. The first-order chi connectivity index (χ1) is 21.9. The van der Waals surface area contributed by atoms with E-state index in [0.29, 0.717) is 27.6 Å². The molecule has 0 bridgehead atoms. The number of hydrogen-bond donors (Lipinski definition) is 1. The summed E-state index contributed by atoms with van der Waals surface area (Å²) in [6.45, 7) is 6.84. The number of halogens is 2. The highest BCUT2D eigenvalue weighted by Crippen LogP contribution is 2.32. The standard InChI is InChI=1S/C36H39Cl2N3O4S/c1-5-26(3)39-36(43)34(22-28-12-7-6-8-13-28)40(23-29-14-9-10-15-32(29)38)35(42)24-41(33-17-11-16-31(37)27(33)4)46(44,45)30-20-18-25(2)19-21-30/h6-21,26,34H,5,22-24H2,1-4H3,(H,39,43)/t26-,34-/m1/s1. The molecule has 46 heavy (non-hydrogen) atoms. The van der Waals surface area contributed by atoms with Gasteiger partial charge in [-0.1, -0.05) is 102 Å². The summed E-state index contributed by atoms with van der Waals surface area (Å²) in [5.41, 5.74) is 3.13. The van der Waals surface area contributed by atoms with E-state index in [1.807, 2.05) is 51.1 Å². The maximum Gasteiger partial charge on any atom is 0.264 e. The smallest absolute Gasteiger partial charge is 0.264 e. The Bertz CT molecular complexity index is 1770. The summed E-state index contributed by atoms with van der Waals surface area (Å²) >= 11 is 13.0. The van der Waals surface area contributed by atoms with Crippen LogP contribution in [0.25, 0.3) is 0 Å². The van der Waals surface area contributed by atoms with Crippen LogP contribution in [-0.2, 0) is 32.6 Å². The summed E-state index contributed by atoms with van der Waals surface area (Å²) in [7, 11) is -4.25. The van der Waals surface area contributed by atoms with Gasteiger partial charge in [0.2, 0.25) is 11.8 Å². The first-order valence-electron chi connectivity index (χ1n) is 15.1. The number of nitrogens with one attached hydrogen (secondary N) is 1. The molecule has 0 aromatic heterocycles. The zero-order valence-electron chi connectivity index (χ0n) is 26.4. The maximum atomic E-state index is 14.6. The Kier molecular flexibility index (Phi) is 11.9. The predicted molar refractivity (Wildman–Crippen MR) is 186 cm³/mol. The van der Waals surface area contributed by atoms with E-state index in [1.54, 1.807) is 61.5 Å². The third kappa shape index (κ3) is 8.49. The molecule has 4 rings (SSSR count). The van der Waals surface area contributed by atoms with Crippen molar-refractivity contribution in [1.82, 2.24) is 10.2 Å². The molecular weight excluding hydrogens is 641 g/mol. The fourth-order valence-electron chi connectivity index (χ4n) is 5.02. The van der Waals surface area contributed by atoms with Crippen LogP contribution in [0.15, 0.2) is 102 Å². The van der Waals surface area contributed by atoms with Gasteiger partial charge < -0.3 is 10.2 Å². The quantitative estimate of drug-likeness (QED) is 0.160. The fourth-order valence-corrected chi connectivity index (χ4v) is 6.86. The molecule has 0 aliphatic heterocycles. The first-order valence-corrected chi connectivity index (χ1v) is 17.3. The molecule has 0 spiro atoms.